The summed E-state index contributed by atoms with van der Waals surface area (Å²) in [5.74, 6) is 1.03. The molecule has 1 aliphatic rings. The van der Waals surface area contributed by atoms with Crippen LogP contribution in [0.2, 0.25) is 0 Å². The van der Waals surface area contributed by atoms with Crippen LogP contribution in [0.15, 0.2) is 47.2 Å². The summed E-state index contributed by atoms with van der Waals surface area (Å²) in [5.41, 5.74) is 9.61. The van der Waals surface area contributed by atoms with Gasteiger partial charge in [-0.25, -0.2) is 4.98 Å². The highest BCUT2D eigenvalue weighted by atomic mass is 79.9. The van der Waals surface area contributed by atoms with E-state index in [1.54, 1.807) is 10.7 Å². The minimum Gasteiger partial charge on any atom is -0.383 e. The zero-order valence-electron chi connectivity index (χ0n) is 14.8. The van der Waals surface area contributed by atoms with Crippen LogP contribution in [-0.4, -0.2) is 45.1 Å². The number of hydrogen-bond donors (Lipinski definition) is 2. The van der Waals surface area contributed by atoms with Gasteiger partial charge in [0.25, 0.3) is 0 Å². The summed E-state index contributed by atoms with van der Waals surface area (Å²) in [6, 6.07) is 10.0. The molecule has 140 valence electrons. The molecule has 1 amide bonds. The largest absolute Gasteiger partial charge is 0.383 e. The second-order valence-corrected chi connectivity index (χ2v) is 7.41. The summed E-state index contributed by atoms with van der Waals surface area (Å²) in [6.45, 7) is 1.47. The topological polar surface area (TPSA) is 101 Å². The van der Waals surface area contributed by atoms with Gasteiger partial charge in [-0.2, -0.15) is 9.61 Å². The van der Waals surface area contributed by atoms with Crippen molar-refractivity contribution in [1.29, 1.82) is 0 Å². The van der Waals surface area contributed by atoms with Gasteiger partial charge in [0.1, 0.15) is 16.1 Å². The summed E-state index contributed by atoms with van der Waals surface area (Å²) < 4.78 is 2.23. The minimum absolute atomic E-state index is 0.0362. The van der Waals surface area contributed by atoms with E-state index in [0.29, 0.717) is 34.8 Å². The molecule has 3 N–H and O–H groups in total. The number of hydrogen-bond acceptors (Lipinski definition) is 6. The highest BCUT2D eigenvalue weighted by Crippen LogP contribution is 2.34. The number of carbonyl (C=O) groups is 1. The zero-order valence-corrected chi connectivity index (χ0v) is 16.3. The van der Waals surface area contributed by atoms with E-state index in [1.807, 2.05) is 35.4 Å². The van der Waals surface area contributed by atoms with Crippen LogP contribution in [0.4, 0.5) is 11.6 Å². The van der Waals surface area contributed by atoms with Crippen molar-refractivity contribution in [3.8, 4) is 11.1 Å². The monoisotopic (exact) mass is 437 g/mol. The third-order valence-electron chi connectivity index (χ3n) is 4.84. The number of nitrogen functional groups attached to an aromatic ring is 1. The Kier molecular flexibility index (Phi) is 3.90. The van der Waals surface area contributed by atoms with Crippen LogP contribution in [0.1, 0.15) is 0 Å². The van der Waals surface area contributed by atoms with Crippen LogP contribution in [0.25, 0.3) is 27.7 Å². The van der Waals surface area contributed by atoms with Crippen LogP contribution in [0, 0.1) is 0 Å². The number of fused-ring (bicyclic) bond motifs is 2. The minimum atomic E-state index is -0.0362. The van der Waals surface area contributed by atoms with E-state index < -0.39 is 0 Å². The highest BCUT2D eigenvalue weighted by molar-refractivity contribution is 9.10. The lowest BCUT2D eigenvalue weighted by atomic mass is 10.1. The van der Waals surface area contributed by atoms with Gasteiger partial charge in [-0.3, -0.25) is 9.78 Å². The molecule has 9 heteroatoms. The Morgan fingerprint density at radius 2 is 2.07 bits per heavy atom. The quantitative estimate of drug-likeness (QED) is 0.498. The van der Waals surface area contributed by atoms with Crippen molar-refractivity contribution < 1.29 is 4.79 Å². The van der Waals surface area contributed by atoms with Crippen molar-refractivity contribution >= 4 is 50.0 Å². The maximum absolute atomic E-state index is 11.8. The summed E-state index contributed by atoms with van der Waals surface area (Å²) in [4.78, 5) is 23.1. The Bertz CT molecular complexity index is 1240. The number of nitrogens with one attached hydrogen (secondary N) is 1. The number of para-hydroxylation sites is 1. The molecular weight excluding hydrogens is 422 g/mol. The molecular formula is C19H16BrN7O. The first kappa shape index (κ1) is 16.9. The molecule has 1 saturated heterocycles. The van der Waals surface area contributed by atoms with E-state index in [1.165, 1.54) is 0 Å². The van der Waals surface area contributed by atoms with Crippen molar-refractivity contribution in [2.24, 2.45) is 0 Å². The Hall–Kier alpha value is -3.20. The fourth-order valence-corrected chi connectivity index (χ4v) is 3.94. The first-order valence-electron chi connectivity index (χ1n) is 8.81. The number of nitrogens with two attached hydrogens (primary N) is 1. The van der Waals surface area contributed by atoms with Crippen molar-refractivity contribution in [1.82, 2.24) is 24.9 Å². The predicted molar refractivity (Wildman–Crippen MR) is 111 cm³/mol. The third-order valence-corrected chi connectivity index (χ3v) is 5.61. The van der Waals surface area contributed by atoms with Gasteiger partial charge in [0.15, 0.2) is 5.65 Å². The molecule has 0 unspecified atom stereocenters. The fourth-order valence-electron chi connectivity index (χ4n) is 3.43. The van der Waals surface area contributed by atoms with Gasteiger partial charge in [-0.05, 0) is 28.1 Å². The number of amides is 1. The van der Waals surface area contributed by atoms with Crippen molar-refractivity contribution in [2.45, 2.75) is 0 Å². The van der Waals surface area contributed by atoms with E-state index in [2.05, 4.69) is 37.4 Å². The molecule has 4 aromatic rings. The second kappa shape index (κ2) is 6.45. The SMILES string of the molecule is Nc1c(Br)c(N2CCNC(=O)C2)nc2c(-c3cnc4ccccc4c3)cnn12. The number of pyridine rings is 1. The van der Waals surface area contributed by atoms with Crippen LogP contribution >= 0.6 is 15.9 Å². The number of rotatable bonds is 2. The number of piperazine rings is 1. The number of benzene rings is 1. The molecule has 1 aromatic carbocycles. The fraction of sp³-hybridized carbons (Fsp3) is 0.158. The van der Waals surface area contributed by atoms with Crippen molar-refractivity contribution in [3.05, 3.63) is 47.2 Å². The van der Waals surface area contributed by atoms with Gasteiger partial charge in [0, 0.05) is 35.8 Å². The summed E-state index contributed by atoms with van der Waals surface area (Å²) in [5, 5.41) is 8.27. The van der Waals surface area contributed by atoms with Gasteiger partial charge in [0.2, 0.25) is 5.91 Å². The summed E-state index contributed by atoms with van der Waals surface area (Å²) in [7, 11) is 0. The number of carbonyl (C=O) groups excluding carboxylic acids is 1. The molecule has 5 rings (SSSR count). The molecule has 28 heavy (non-hydrogen) atoms. The molecule has 0 spiro atoms. The molecule has 1 fully saturated rings. The number of aromatic nitrogens is 4. The average Bonchev–Trinajstić information content (AvgIpc) is 3.14. The van der Waals surface area contributed by atoms with Gasteiger partial charge in [-0.15, -0.1) is 0 Å². The highest BCUT2D eigenvalue weighted by Gasteiger charge is 2.24. The van der Waals surface area contributed by atoms with Gasteiger partial charge in [0.05, 0.1) is 18.3 Å². The average molecular weight is 438 g/mol. The maximum Gasteiger partial charge on any atom is 0.239 e. The maximum atomic E-state index is 11.8. The van der Waals surface area contributed by atoms with E-state index >= 15 is 0 Å². The van der Waals surface area contributed by atoms with Crippen LogP contribution in [0.3, 0.4) is 0 Å². The molecule has 3 aromatic heterocycles. The number of halogens is 1. The zero-order chi connectivity index (χ0) is 19.3. The molecule has 0 saturated carbocycles. The molecule has 4 heterocycles. The Labute approximate surface area is 168 Å². The smallest absolute Gasteiger partial charge is 0.239 e. The molecule has 1 aliphatic heterocycles. The molecule has 0 radical (unpaired) electrons. The van der Waals surface area contributed by atoms with E-state index in [-0.39, 0.29) is 12.5 Å². The molecule has 0 aliphatic carbocycles. The molecule has 0 atom stereocenters. The first-order chi connectivity index (χ1) is 13.6. The van der Waals surface area contributed by atoms with Crippen LogP contribution in [0.5, 0.6) is 0 Å². The lowest BCUT2D eigenvalue weighted by molar-refractivity contribution is -0.120. The van der Waals surface area contributed by atoms with Crippen LogP contribution in [-0.2, 0) is 4.79 Å². The Balaban J connectivity index is 1.68. The summed E-state index contributed by atoms with van der Waals surface area (Å²) >= 11 is 3.52. The molecule has 0 bridgehead atoms. The third kappa shape index (κ3) is 2.66. The van der Waals surface area contributed by atoms with E-state index in [4.69, 9.17) is 10.7 Å². The van der Waals surface area contributed by atoms with Gasteiger partial charge >= 0.3 is 0 Å². The van der Waals surface area contributed by atoms with Gasteiger partial charge in [-0.1, -0.05) is 18.2 Å². The van der Waals surface area contributed by atoms with Crippen molar-refractivity contribution in [3.63, 3.8) is 0 Å². The lowest BCUT2D eigenvalue weighted by Gasteiger charge is -2.28. The Morgan fingerprint density at radius 3 is 2.93 bits per heavy atom. The second-order valence-electron chi connectivity index (χ2n) is 6.62. The standard InChI is InChI=1S/C19H16BrN7O/c20-16-17(21)27-18(25-19(16)26-6-5-22-15(28)10-26)13(9-24-27)12-7-11-3-1-2-4-14(11)23-8-12/h1-4,7-9H,5-6,10,21H2,(H,22,28). The first-order valence-corrected chi connectivity index (χ1v) is 9.60. The van der Waals surface area contributed by atoms with E-state index in [0.717, 1.165) is 22.0 Å². The number of nitrogens with zero attached hydrogens (tertiary/aromatic N) is 5. The summed E-state index contributed by atoms with van der Waals surface area (Å²) in [6.07, 6.45) is 3.55. The Morgan fingerprint density at radius 1 is 1.21 bits per heavy atom. The van der Waals surface area contributed by atoms with E-state index in [9.17, 15) is 4.79 Å². The van der Waals surface area contributed by atoms with Crippen molar-refractivity contribution in [2.75, 3.05) is 30.3 Å². The van der Waals surface area contributed by atoms with Crippen LogP contribution < -0.4 is 16.0 Å². The lowest BCUT2D eigenvalue weighted by Crippen LogP contribution is -2.48. The normalized spacial score (nSPS) is 14.6. The number of anilines is 2. The molecule has 8 nitrogen and oxygen atoms in total. The predicted octanol–water partition coefficient (Wildman–Crippen LogP) is 2.23. The van der Waals surface area contributed by atoms with Gasteiger partial charge < -0.3 is 16.0 Å².